The van der Waals surface area contributed by atoms with E-state index in [0.29, 0.717) is 36.6 Å². The number of aromatic nitrogens is 4. The molecule has 0 spiro atoms. The van der Waals surface area contributed by atoms with E-state index in [1.807, 2.05) is 24.3 Å². The van der Waals surface area contributed by atoms with Gasteiger partial charge in [0.05, 0.1) is 18.8 Å². The fourth-order valence-corrected chi connectivity index (χ4v) is 2.71. The van der Waals surface area contributed by atoms with Crippen LogP contribution in [0.15, 0.2) is 41.2 Å². The Labute approximate surface area is 150 Å². The number of pyridine rings is 2. The molecule has 0 aliphatic carbocycles. The maximum absolute atomic E-state index is 5.85. The summed E-state index contributed by atoms with van der Waals surface area (Å²) < 4.78 is 16.4. The highest BCUT2D eigenvalue weighted by Crippen LogP contribution is 2.25. The van der Waals surface area contributed by atoms with Gasteiger partial charge in [0.1, 0.15) is 11.9 Å². The van der Waals surface area contributed by atoms with Gasteiger partial charge in [0, 0.05) is 31.4 Å². The average Bonchev–Trinajstić information content (AvgIpc) is 3.32. The highest BCUT2D eigenvalue weighted by molar-refractivity contribution is 5.68. The lowest BCUT2D eigenvalue weighted by molar-refractivity contribution is 0.138. The summed E-state index contributed by atoms with van der Waals surface area (Å²) in [5, 5.41) is 7.15. The van der Waals surface area contributed by atoms with Crippen LogP contribution < -0.4 is 10.1 Å². The summed E-state index contributed by atoms with van der Waals surface area (Å²) in [7, 11) is 0. The standard InChI is InChI=1S/C18H19N5O3/c1-12-22-18(26-23-12)15-3-2-6-20-17(15)21-10-13-4-7-19-16(9-13)25-14-5-8-24-11-14/h2-4,6-7,9,14H,5,8,10-11H2,1H3,(H,20,21). The molecule has 0 aromatic carbocycles. The molecule has 1 atom stereocenters. The Morgan fingerprint density at radius 3 is 3.04 bits per heavy atom. The van der Waals surface area contributed by atoms with Crippen LogP contribution in [-0.2, 0) is 11.3 Å². The van der Waals surface area contributed by atoms with Gasteiger partial charge in [-0.25, -0.2) is 9.97 Å². The molecule has 3 aromatic rings. The third-order valence-electron chi connectivity index (χ3n) is 4.00. The molecule has 8 heteroatoms. The van der Waals surface area contributed by atoms with Crippen LogP contribution in [0.25, 0.3) is 11.5 Å². The second-order valence-electron chi connectivity index (χ2n) is 6.01. The van der Waals surface area contributed by atoms with E-state index in [1.165, 1.54) is 0 Å². The predicted molar refractivity (Wildman–Crippen MR) is 93.7 cm³/mol. The van der Waals surface area contributed by atoms with Crippen LogP contribution in [0.4, 0.5) is 5.82 Å². The first-order valence-corrected chi connectivity index (χ1v) is 8.47. The Hall–Kier alpha value is -3.00. The molecule has 1 aliphatic heterocycles. The summed E-state index contributed by atoms with van der Waals surface area (Å²) in [5.74, 6) is 2.31. The molecule has 8 nitrogen and oxygen atoms in total. The van der Waals surface area contributed by atoms with Crippen LogP contribution in [0.1, 0.15) is 17.8 Å². The molecule has 4 heterocycles. The van der Waals surface area contributed by atoms with Gasteiger partial charge in [-0.05, 0) is 30.7 Å². The number of hydrogen-bond acceptors (Lipinski definition) is 8. The monoisotopic (exact) mass is 353 g/mol. The SMILES string of the molecule is Cc1noc(-c2cccnc2NCc2ccnc(OC3CCOC3)c2)n1. The normalized spacial score (nSPS) is 16.6. The lowest BCUT2D eigenvalue weighted by atomic mass is 10.2. The molecule has 4 rings (SSSR count). The minimum Gasteiger partial charge on any atom is -0.472 e. The van der Waals surface area contributed by atoms with Gasteiger partial charge in [-0.15, -0.1) is 0 Å². The Morgan fingerprint density at radius 2 is 2.23 bits per heavy atom. The van der Waals surface area contributed by atoms with Crippen LogP contribution in [0, 0.1) is 6.92 Å². The van der Waals surface area contributed by atoms with Crippen molar-refractivity contribution in [3.05, 3.63) is 48.0 Å². The summed E-state index contributed by atoms with van der Waals surface area (Å²) in [5.41, 5.74) is 1.80. The van der Waals surface area contributed by atoms with Crippen LogP contribution in [0.2, 0.25) is 0 Å². The molecule has 3 aromatic heterocycles. The molecule has 26 heavy (non-hydrogen) atoms. The van der Waals surface area contributed by atoms with E-state index in [1.54, 1.807) is 19.3 Å². The first kappa shape index (κ1) is 16.5. The van der Waals surface area contributed by atoms with E-state index in [2.05, 4.69) is 25.4 Å². The fraction of sp³-hybridized carbons (Fsp3) is 0.333. The van der Waals surface area contributed by atoms with Crippen molar-refractivity contribution in [3.8, 4) is 17.3 Å². The molecule has 0 radical (unpaired) electrons. The first-order chi connectivity index (χ1) is 12.8. The molecule has 0 amide bonds. The molecule has 1 fully saturated rings. The number of rotatable bonds is 6. The summed E-state index contributed by atoms with van der Waals surface area (Å²) >= 11 is 0. The quantitative estimate of drug-likeness (QED) is 0.722. The number of hydrogen-bond donors (Lipinski definition) is 1. The average molecular weight is 353 g/mol. The molecule has 134 valence electrons. The zero-order valence-corrected chi connectivity index (χ0v) is 14.4. The van der Waals surface area contributed by atoms with Crippen molar-refractivity contribution in [2.75, 3.05) is 18.5 Å². The second-order valence-corrected chi connectivity index (χ2v) is 6.01. The van der Waals surface area contributed by atoms with E-state index in [-0.39, 0.29) is 6.10 Å². The van der Waals surface area contributed by atoms with Crippen LogP contribution >= 0.6 is 0 Å². The molecule has 0 bridgehead atoms. The molecular weight excluding hydrogens is 334 g/mol. The predicted octanol–water partition coefficient (Wildman–Crippen LogP) is 2.61. The first-order valence-electron chi connectivity index (χ1n) is 8.47. The topological polar surface area (TPSA) is 95.2 Å². The molecule has 0 saturated carbocycles. The maximum atomic E-state index is 5.85. The number of anilines is 1. The molecule has 1 aliphatic rings. The van der Waals surface area contributed by atoms with E-state index in [4.69, 9.17) is 14.0 Å². The van der Waals surface area contributed by atoms with Gasteiger partial charge in [-0.3, -0.25) is 0 Å². The lowest BCUT2D eigenvalue weighted by Crippen LogP contribution is -2.16. The highest BCUT2D eigenvalue weighted by Gasteiger charge is 2.18. The fourth-order valence-electron chi connectivity index (χ4n) is 2.71. The van der Waals surface area contributed by atoms with E-state index >= 15 is 0 Å². The smallest absolute Gasteiger partial charge is 0.261 e. The van der Waals surface area contributed by atoms with Gasteiger partial charge in [-0.1, -0.05) is 5.16 Å². The van der Waals surface area contributed by atoms with Crippen LogP contribution in [0.3, 0.4) is 0 Å². The van der Waals surface area contributed by atoms with E-state index in [0.717, 1.165) is 24.2 Å². The number of ether oxygens (including phenoxy) is 2. The van der Waals surface area contributed by atoms with Gasteiger partial charge in [0.2, 0.25) is 5.88 Å². The van der Waals surface area contributed by atoms with Gasteiger partial charge >= 0.3 is 0 Å². The number of aryl methyl sites for hydroxylation is 1. The maximum Gasteiger partial charge on any atom is 0.261 e. The highest BCUT2D eigenvalue weighted by atomic mass is 16.5. The zero-order chi connectivity index (χ0) is 17.8. The van der Waals surface area contributed by atoms with Gasteiger partial charge in [0.25, 0.3) is 5.89 Å². The number of nitrogens with one attached hydrogen (secondary N) is 1. The van der Waals surface area contributed by atoms with Crippen molar-refractivity contribution in [3.63, 3.8) is 0 Å². The van der Waals surface area contributed by atoms with Crippen LogP contribution in [0.5, 0.6) is 5.88 Å². The summed E-state index contributed by atoms with van der Waals surface area (Å²) in [6.07, 6.45) is 4.43. The van der Waals surface area contributed by atoms with Crippen molar-refractivity contribution in [1.82, 2.24) is 20.1 Å². The Morgan fingerprint density at radius 1 is 1.27 bits per heavy atom. The van der Waals surface area contributed by atoms with Crippen molar-refractivity contribution in [1.29, 1.82) is 0 Å². The van der Waals surface area contributed by atoms with Gasteiger partial charge in [-0.2, -0.15) is 4.98 Å². The second kappa shape index (κ2) is 7.49. The summed E-state index contributed by atoms with van der Waals surface area (Å²) in [6, 6.07) is 7.58. The summed E-state index contributed by atoms with van der Waals surface area (Å²) in [6.45, 7) is 3.70. The third-order valence-corrected chi connectivity index (χ3v) is 4.00. The van der Waals surface area contributed by atoms with Crippen molar-refractivity contribution >= 4 is 5.82 Å². The van der Waals surface area contributed by atoms with Crippen LogP contribution in [-0.4, -0.2) is 39.4 Å². The lowest BCUT2D eigenvalue weighted by Gasteiger charge is -2.12. The Kier molecular flexibility index (Phi) is 4.74. The Bertz CT molecular complexity index is 877. The number of nitrogens with zero attached hydrogens (tertiary/aromatic N) is 4. The van der Waals surface area contributed by atoms with E-state index in [9.17, 15) is 0 Å². The Balaban J connectivity index is 1.46. The summed E-state index contributed by atoms with van der Waals surface area (Å²) in [4.78, 5) is 12.9. The van der Waals surface area contributed by atoms with Crippen molar-refractivity contribution in [2.24, 2.45) is 0 Å². The van der Waals surface area contributed by atoms with Gasteiger partial charge < -0.3 is 19.3 Å². The molecule has 1 saturated heterocycles. The zero-order valence-electron chi connectivity index (χ0n) is 14.4. The largest absolute Gasteiger partial charge is 0.472 e. The third kappa shape index (κ3) is 3.80. The molecular formula is C18H19N5O3. The molecule has 1 N–H and O–H groups in total. The van der Waals surface area contributed by atoms with Gasteiger partial charge in [0.15, 0.2) is 5.82 Å². The molecule has 1 unspecified atom stereocenters. The minimum absolute atomic E-state index is 0.0777. The van der Waals surface area contributed by atoms with Crippen molar-refractivity contribution in [2.45, 2.75) is 26.0 Å². The minimum atomic E-state index is 0.0777. The van der Waals surface area contributed by atoms with E-state index < -0.39 is 0 Å². The van der Waals surface area contributed by atoms with Crippen molar-refractivity contribution < 1.29 is 14.0 Å².